The van der Waals surface area contributed by atoms with Gasteiger partial charge in [0.2, 0.25) is 11.6 Å². The van der Waals surface area contributed by atoms with Gasteiger partial charge in [0.05, 0.1) is 21.3 Å². The van der Waals surface area contributed by atoms with Crippen molar-refractivity contribution < 1.29 is 23.7 Å². The number of carbonyl (C=O) groups excluding carboxylic acids is 1. The molecule has 26 heavy (non-hydrogen) atoms. The summed E-state index contributed by atoms with van der Waals surface area (Å²) in [7, 11) is 4.65. The molecule has 0 saturated heterocycles. The van der Waals surface area contributed by atoms with Crippen LogP contribution < -0.4 is 14.2 Å². The van der Waals surface area contributed by atoms with Gasteiger partial charge in [-0.1, -0.05) is 6.07 Å². The lowest BCUT2D eigenvalue weighted by Crippen LogP contribution is -2.01. The first-order chi connectivity index (χ1) is 12.6. The molecule has 2 heterocycles. The molecule has 1 aromatic heterocycles. The zero-order chi connectivity index (χ0) is 18.5. The van der Waals surface area contributed by atoms with Crippen LogP contribution in [0.1, 0.15) is 10.4 Å². The van der Waals surface area contributed by atoms with E-state index in [0.717, 1.165) is 10.4 Å². The van der Waals surface area contributed by atoms with Gasteiger partial charge in [0.15, 0.2) is 17.2 Å². The molecule has 1 aromatic carbocycles. The quantitative estimate of drug-likeness (QED) is 0.571. The minimum atomic E-state index is -0.469. The van der Waals surface area contributed by atoms with Gasteiger partial charge >= 0.3 is 5.97 Å². The van der Waals surface area contributed by atoms with Crippen molar-refractivity contribution >= 4 is 35.4 Å². The Labute approximate surface area is 155 Å². The lowest BCUT2D eigenvalue weighted by molar-refractivity contribution is -0.129. The third-order valence-electron chi connectivity index (χ3n) is 3.56. The molecular formula is C19H17NO5S. The number of aliphatic imine (C=N–C) groups is 1. The van der Waals surface area contributed by atoms with E-state index in [-0.39, 0.29) is 11.6 Å². The van der Waals surface area contributed by atoms with Crippen molar-refractivity contribution in [2.45, 2.75) is 0 Å². The van der Waals surface area contributed by atoms with E-state index in [0.29, 0.717) is 17.2 Å². The second-order valence-corrected chi connectivity index (χ2v) is 6.16. The zero-order valence-electron chi connectivity index (χ0n) is 14.5. The molecule has 0 N–H and O–H groups in total. The van der Waals surface area contributed by atoms with Crippen LogP contribution in [0.2, 0.25) is 0 Å². The van der Waals surface area contributed by atoms with Crippen LogP contribution in [0.3, 0.4) is 0 Å². The van der Waals surface area contributed by atoms with Crippen LogP contribution in [0.25, 0.3) is 12.2 Å². The van der Waals surface area contributed by atoms with Gasteiger partial charge < -0.3 is 18.9 Å². The highest BCUT2D eigenvalue weighted by Gasteiger charge is 2.21. The van der Waals surface area contributed by atoms with Gasteiger partial charge in [-0.3, -0.25) is 0 Å². The third-order valence-corrected chi connectivity index (χ3v) is 4.38. The van der Waals surface area contributed by atoms with Crippen molar-refractivity contribution in [3.63, 3.8) is 0 Å². The number of nitrogens with zero attached hydrogens (tertiary/aromatic N) is 1. The van der Waals surface area contributed by atoms with Crippen molar-refractivity contribution in [3.8, 4) is 17.2 Å². The van der Waals surface area contributed by atoms with Crippen molar-refractivity contribution in [2.24, 2.45) is 4.99 Å². The predicted molar refractivity (Wildman–Crippen MR) is 101 cm³/mol. The number of benzene rings is 1. The number of rotatable bonds is 6. The van der Waals surface area contributed by atoms with E-state index in [1.807, 2.05) is 17.5 Å². The van der Waals surface area contributed by atoms with E-state index in [4.69, 9.17) is 18.9 Å². The number of thiophene rings is 1. The van der Waals surface area contributed by atoms with Gasteiger partial charge in [-0.05, 0) is 41.3 Å². The Bertz CT molecular complexity index is 872. The normalized spacial score (nSPS) is 15.3. The summed E-state index contributed by atoms with van der Waals surface area (Å²) in [6.07, 6.45) is 5.08. The molecule has 7 heteroatoms. The van der Waals surface area contributed by atoms with Crippen LogP contribution >= 0.6 is 11.3 Å². The van der Waals surface area contributed by atoms with E-state index >= 15 is 0 Å². The molecule has 0 spiro atoms. The maximum absolute atomic E-state index is 11.9. The first-order valence-corrected chi connectivity index (χ1v) is 8.56. The summed E-state index contributed by atoms with van der Waals surface area (Å²) in [6.45, 7) is 0. The van der Waals surface area contributed by atoms with E-state index < -0.39 is 5.97 Å². The second-order valence-electron chi connectivity index (χ2n) is 5.18. The lowest BCUT2D eigenvalue weighted by Gasteiger charge is -2.12. The topological polar surface area (TPSA) is 66.4 Å². The van der Waals surface area contributed by atoms with Gasteiger partial charge in [0.1, 0.15) is 0 Å². The van der Waals surface area contributed by atoms with Gasteiger partial charge in [-0.15, -0.1) is 11.3 Å². The number of hydrogen-bond donors (Lipinski definition) is 0. The molecular weight excluding hydrogens is 354 g/mol. The van der Waals surface area contributed by atoms with Crippen molar-refractivity contribution in [1.82, 2.24) is 0 Å². The van der Waals surface area contributed by atoms with Crippen molar-refractivity contribution in [1.29, 1.82) is 0 Å². The molecule has 2 aromatic rings. The predicted octanol–water partition coefficient (Wildman–Crippen LogP) is 3.78. The molecule has 0 fully saturated rings. The first-order valence-electron chi connectivity index (χ1n) is 7.68. The van der Waals surface area contributed by atoms with Crippen molar-refractivity contribution in [3.05, 3.63) is 51.9 Å². The SMILES string of the molecule is COc1cc(C=CC2=NC(=Cc3cccs3)C(=O)O2)cc(OC)c1OC. The van der Waals surface area contributed by atoms with Crippen LogP contribution in [0.15, 0.2) is 46.4 Å². The molecule has 0 aliphatic carbocycles. The molecule has 134 valence electrons. The van der Waals surface area contributed by atoms with Crippen LogP contribution in [0, 0.1) is 0 Å². The molecule has 0 amide bonds. The highest BCUT2D eigenvalue weighted by Crippen LogP contribution is 2.38. The summed E-state index contributed by atoms with van der Waals surface area (Å²) in [4.78, 5) is 17.1. The summed E-state index contributed by atoms with van der Waals surface area (Å²) in [6, 6.07) is 7.39. The number of ether oxygens (including phenoxy) is 4. The fraction of sp³-hybridized carbons (Fsp3) is 0.158. The molecule has 0 radical (unpaired) electrons. The Hall–Kier alpha value is -3.06. The number of esters is 1. The van der Waals surface area contributed by atoms with Gasteiger partial charge in [0, 0.05) is 11.0 Å². The highest BCUT2D eigenvalue weighted by molar-refractivity contribution is 7.10. The number of carbonyl (C=O) groups is 1. The minimum Gasteiger partial charge on any atom is -0.493 e. The molecule has 0 atom stereocenters. The summed E-state index contributed by atoms with van der Waals surface area (Å²) in [5, 5.41) is 1.93. The highest BCUT2D eigenvalue weighted by atomic mass is 32.1. The Kier molecular flexibility index (Phi) is 5.38. The fourth-order valence-electron chi connectivity index (χ4n) is 2.37. The Morgan fingerprint density at radius 3 is 2.38 bits per heavy atom. The largest absolute Gasteiger partial charge is 0.493 e. The average molecular weight is 371 g/mol. The van der Waals surface area contributed by atoms with E-state index in [9.17, 15) is 4.79 Å². The Morgan fingerprint density at radius 1 is 1.08 bits per heavy atom. The van der Waals surface area contributed by atoms with Gasteiger partial charge in [0.25, 0.3) is 0 Å². The average Bonchev–Trinajstić information content (AvgIpc) is 3.29. The molecule has 0 bridgehead atoms. The Balaban J connectivity index is 1.85. The Morgan fingerprint density at radius 2 is 1.81 bits per heavy atom. The maximum Gasteiger partial charge on any atom is 0.363 e. The summed E-state index contributed by atoms with van der Waals surface area (Å²) >= 11 is 1.52. The summed E-state index contributed by atoms with van der Waals surface area (Å²) < 4.78 is 21.1. The van der Waals surface area contributed by atoms with E-state index in [2.05, 4.69) is 4.99 Å². The molecule has 1 aliphatic rings. The van der Waals surface area contributed by atoms with Crippen LogP contribution in [-0.4, -0.2) is 33.2 Å². The minimum absolute atomic E-state index is 0.228. The van der Waals surface area contributed by atoms with Crippen LogP contribution in [-0.2, 0) is 9.53 Å². The van der Waals surface area contributed by atoms with Crippen LogP contribution in [0.5, 0.6) is 17.2 Å². The number of methoxy groups -OCH3 is 3. The fourth-order valence-corrected chi connectivity index (χ4v) is 3.02. The van der Waals surface area contributed by atoms with E-state index in [1.165, 1.54) is 11.3 Å². The van der Waals surface area contributed by atoms with Gasteiger partial charge in [-0.2, -0.15) is 0 Å². The van der Waals surface area contributed by atoms with Gasteiger partial charge in [-0.25, -0.2) is 9.79 Å². The molecule has 6 nitrogen and oxygen atoms in total. The lowest BCUT2D eigenvalue weighted by atomic mass is 10.1. The second kappa shape index (κ2) is 7.88. The smallest absolute Gasteiger partial charge is 0.363 e. The molecule has 0 saturated carbocycles. The number of cyclic esters (lactones) is 1. The van der Waals surface area contributed by atoms with E-state index in [1.54, 1.807) is 51.7 Å². The molecule has 1 aliphatic heterocycles. The molecule has 0 unspecified atom stereocenters. The van der Waals surface area contributed by atoms with Crippen molar-refractivity contribution in [2.75, 3.05) is 21.3 Å². The standard InChI is InChI=1S/C19H17NO5S/c1-22-15-9-12(10-16(23-2)18(15)24-3)6-7-17-20-14(19(21)25-17)11-13-5-4-8-26-13/h4-11H,1-3H3. The summed E-state index contributed by atoms with van der Waals surface area (Å²) in [5.74, 6) is 1.35. The first kappa shape index (κ1) is 17.8. The zero-order valence-corrected chi connectivity index (χ0v) is 15.3. The third kappa shape index (κ3) is 3.78. The summed E-state index contributed by atoms with van der Waals surface area (Å²) in [5.41, 5.74) is 1.06. The van der Waals surface area contributed by atoms with Crippen LogP contribution in [0.4, 0.5) is 0 Å². The number of hydrogen-bond acceptors (Lipinski definition) is 7. The monoisotopic (exact) mass is 371 g/mol. The molecule has 3 rings (SSSR count). The maximum atomic E-state index is 11.9.